The molecule has 2 aliphatic heterocycles. The van der Waals surface area contributed by atoms with Gasteiger partial charge in [-0.05, 0) is 30.5 Å². The molecule has 2 aromatic rings. The van der Waals surface area contributed by atoms with Gasteiger partial charge in [-0.15, -0.1) is 0 Å². The highest BCUT2D eigenvalue weighted by atomic mass is 32.2. The van der Waals surface area contributed by atoms with Crippen LogP contribution in [0.5, 0.6) is 0 Å². The number of halogens is 2. The number of nitrogens with zero attached hydrogens (tertiary/aromatic N) is 1. The number of aryl methyl sites for hydroxylation is 1. The lowest BCUT2D eigenvalue weighted by Gasteiger charge is -2.46. The van der Waals surface area contributed by atoms with E-state index in [9.17, 15) is 8.78 Å². The van der Waals surface area contributed by atoms with E-state index in [4.69, 9.17) is 10.5 Å². The van der Waals surface area contributed by atoms with E-state index in [0.29, 0.717) is 17.2 Å². The smallest absolute Gasteiger partial charge is 0.154 e. The van der Waals surface area contributed by atoms with Crippen LogP contribution < -0.4 is 5.73 Å². The van der Waals surface area contributed by atoms with Gasteiger partial charge in [-0.25, -0.2) is 13.8 Å². The average molecular weight is 374 g/mol. The Kier molecular flexibility index (Phi) is 4.49. The van der Waals surface area contributed by atoms with E-state index in [0.717, 1.165) is 17.4 Å². The van der Waals surface area contributed by atoms with E-state index >= 15 is 0 Å². The lowest BCUT2D eigenvalue weighted by Crippen LogP contribution is -2.48. The van der Waals surface area contributed by atoms with Gasteiger partial charge in [0.15, 0.2) is 5.17 Å². The van der Waals surface area contributed by atoms with E-state index < -0.39 is 17.2 Å². The normalized spacial score (nSPS) is 28.3. The van der Waals surface area contributed by atoms with Crippen LogP contribution in [0, 0.1) is 24.5 Å². The molecular formula is C20H20F2N2OS. The van der Waals surface area contributed by atoms with Crippen LogP contribution in [-0.4, -0.2) is 17.5 Å². The van der Waals surface area contributed by atoms with Gasteiger partial charge in [-0.3, -0.25) is 0 Å². The van der Waals surface area contributed by atoms with Gasteiger partial charge in [0.2, 0.25) is 0 Å². The second-order valence-electron chi connectivity index (χ2n) is 6.90. The summed E-state index contributed by atoms with van der Waals surface area (Å²) in [5.74, 6) is -0.414. The average Bonchev–Trinajstić information content (AvgIpc) is 2.61. The molecule has 0 saturated carbocycles. The molecule has 6 heteroatoms. The summed E-state index contributed by atoms with van der Waals surface area (Å²) >= 11 is 1.48. The monoisotopic (exact) mass is 374 g/mol. The van der Waals surface area contributed by atoms with Crippen LogP contribution in [0.1, 0.15) is 29.2 Å². The summed E-state index contributed by atoms with van der Waals surface area (Å²) in [6, 6.07) is 11.8. The maximum atomic E-state index is 14.6. The lowest BCUT2D eigenvalue weighted by molar-refractivity contribution is -0.0590. The molecule has 26 heavy (non-hydrogen) atoms. The summed E-state index contributed by atoms with van der Waals surface area (Å²) in [4.78, 5) is 4.62. The Morgan fingerprint density at radius 3 is 2.81 bits per heavy atom. The fourth-order valence-electron chi connectivity index (χ4n) is 3.97. The maximum absolute atomic E-state index is 14.6. The Morgan fingerprint density at radius 2 is 2.04 bits per heavy atom. The highest BCUT2D eigenvalue weighted by Gasteiger charge is 2.49. The van der Waals surface area contributed by atoms with E-state index in [1.54, 1.807) is 0 Å². The summed E-state index contributed by atoms with van der Waals surface area (Å²) in [7, 11) is 0. The Labute approximate surface area is 155 Å². The van der Waals surface area contributed by atoms with Crippen molar-refractivity contribution in [3.8, 4) is 0 Å². The number of ether oxygens (including phenoxy) is 1. The molecule has 136 valence electrons. The molecule has 2 N–H and O–H groups in total. The molecular weight excluding hydrogens is 354 g/mol. The third-order valence-electron chi connectivity index (χ3n) is 5.35. The zero-order valence-electron chi connectivity index (χ0n) is 14.4. The van der Waals surface area contributed by atoms with Crippen molar-refractivity contribution in [2.45, 2.75) is 25.0 Å². The van der Waals surface area contributed by atoms with Crippen LogP contribution in [0.15, 0.2) is 47.5 Å². The lowest BCUT2D eigenvalue weighted by atomic mass is 9.74. The molecule has 2 aliphatic rings. The zero-order chi connectivity index (χ0) is 18.3. The molecule has 0 unspecified atom stereocenters. The van der Waals surface area contributed by atoms with Gasteiger partial charge in [0.05, 0.1) is 12.7 Å². The van der Waals surface area contributed by atoms with Crippen LogP contribution in [0.3, 0.4) is 0 Å². The van der Waals surface area contributed by atoms with Crippen LogP contribution in [0.25, 0.3) is 0 Å². The third kappa shape index (κ3) is 2.91. The first kappa shape index (κ1) is 17.5. The Bertz CT molecular complexity index is 873. The minimum atomic E-state index is -0.897. The number of rotatable bonds is 2. The molecule has 4 rings (SSSR count). The first-order valence-electron chi connectivity index (χ1n) is 8.60. The number of hydrogen-bond acceptors (Lipinski definition) is 4. The Hall–Kier alpha value is -1.92. The SMILES string of the molecule is Cc1ccccc1[C@H]1C[C@H]2CSC(N)=N[C@@]2(c2ccc(F)cc2F)CO1. The second-order valence-corrected chi connectivity index (χ2v) is 7.94. The van der Waals surface area contributed by atoms with Crippen molar-refractivity contribution in [1.82, 2.24) is 0 Å². The van der Waals surface area contributed by atoms with Gasteiger partial charge < -0.3 is 10.5 Å². The highest BCUT2D eigenvalue weighted by molar-refractivity contribution is 8.13. The molecule has 2 aromatic carbocycles. The van der Waals surface area contributed by atoms with Crippen molar-refractivity contribution in [1.29, 1.82) is 0 Å². The van der Waals surface area contributed by atoms with E-state index in [-0.39, 0.29) is 18.6 Å². The fraction of sp³-hybridized carbons (Fsp3) is 0.350. The van der Waals surface area contributed by atoms with Crippen molar-refractivity contribution >= 4 is 16.9 Å². The summed E-state index contributed by atoms with van der Waals surface area (Å²) in [6.07, 6.45) is 0.652. The molecule has 0 aromatic heterocycles. The molecule has 0 spiro atoms. The predicted octanol–water partition coefficient (Wildman–Crippen LogP) is 4.31. The molecule has 0 amide bonds. The number of fused-ring (bicyclic) bond motifs is 1. The molecule has 2 heterocycles. The Morgan fingerprint density at radius 1 is 1.23 bits per heavy atom. The Balaban J connectivity index is 1.74. The van der Waals surface area contributed by atoms with Gasteiger partial charge >= 0.3 is 0 Å². The molecule has 1 fully saturated rings. The molecule has 0 aliphatic carbocycles. The fourth-order valence-corrected chi connectivity index (χ4v) is 4.99. The summed E-state index contributed by atoms with van der Waals surface area (Å²) in [5, 5.41) is 0.419. The van der Waals surface area contributed by atoms with Crippen LogP contribution in [0.4, 0.5) is 8.78 Å². The van der Waals surface area contributed by atoms with Crippen LogP contribution in [0.2, 0.25) is 0 Å². The number of amidine groups is 1. The first-order chi connectivity index (χ1) is 12.5. The third-order valence-corrected chi connectivity index (χ3v) is 6.31. The predicted molar refractivity (Wildman–Crippen MR) is 100 cm³/mol. The standard InChI is InChI=1S/C20H20F2N2OS/c1-12-4-2-3-5-15(12)18-8-13-10-26-19(23)24-20(13,11-25-18)16-7-6-14(21)9-17(16)22/h2-7,9,13,18H,8,10-11H2,1H3,(H2,23,24)/t13-,18+,20-/m0/s1. The zero-order valence-corrected chi connectivity index (χ0v) is 15.2. The van der Waals surface area contributed by atoms with Crippen molar-refractivity contribution in [2.75, 3.05) is 12.4 Å². The van der Waals surface area contributed by atoms with E-state index in [1.165, 1.54) is 29.5 Å². The largest absolute Gasteiger partial charge is 0.379 e. The topological polar surface area (TPSA) is 47.6 Å². The summed E-state index contributed by atoms with van der Waals surface area (Å²) in [5.41, 5.74) is 7.75. The van der Waals surface area contributed by atoms with Gasteiger partial charge in [0, 0.05) is 23.3 Å². The summed E-state index contributed by atoms with van der Waals surface area (Å²) < 4.78 is 34.2. The summed E-state index contributed by atoms with van der Waals surface area (Å²) in [6.45, 7) is 2.28. The number of benzene rings is 2. The van der Waals surface area contributed by atoms with Crippen molar-refractivity contribution < 1.29 is 13.5 Å². The first-order valence-corrected chi connectivity index (χ1v) is 9.59. The maximum Gasteiger partial charge on any atom is 0.154 e. The minimum absolute atomic E-state index is 0.0538. The van der Waals surface area contributed by atoms with Crippen molar-refractivity contribution in [3.05, 3.63) is 70.8 Å². The number of aliphatic imine (C=N–C) groups is 1. The quantitative estimate of drug-likeness (QED) is 0.852. The second kappa shape index (κ2) is 6.67. The van der Waals surface area contributed by atoms with E-state index in [2.05, 4.69) is 24.0 Å². The number of nitrogens with two attached hydrogens (primary N) is 1. The molecule has 3 atom stereocenters. The van der Waals surface area contributed by atoms with Crippen molar-refractivity contribution in [3.63, 3.8) is 0 Å². The van der Waals surface area contributed by atoms with Crippen LogP contribution >= 0.6 is 11.8 Å². The minimum Gasteiger partial charge on any atom is -0.379 e. The number of hydrogen-bond donors (Lipinski definition) is 1. The van der Waals surface area contributed by atoms with Crippen molar-refractivity contribution in [2.24, 2.45) is 16.6 Å². The van der Waals surface area contributed by atoms with Crippen LogP contribution in [-0.2, 0) is 10.3 Å². The molecule has 1 saturated heterocycles. The van der Waals surface area contributed by atoms with Gasteiger partial charge in [0.1, 0.15) is 17.2 Å². The molecule has 0 bridgehead atoms. The van der Waals surface area contributed by atoms with Gasteiger partial charge in [0.25, 0.3) is 0 Å². The van der Waals surface area contributed by atoms with E-state index in [1.807, 2.05) is 12.1 Å². The molecule has 0 radical (unpaired) electrons. The highest BCUT2D eigenvalue weighted by Crippen LogP contribution is 2.49. The number of thioether (sulfide) groups is 1. The van der Waals surface area contributed by atoms with Gasteiger partial charge in [-0.2, -0.15) is 0 Å². The van der Waals surface area contributed by atoms with Gasteiger partial charge in [-0.1, -0.05) is 42.1 Å². The molecule has 3 nitrogen and oxygen atoms in total.